The Kier molecular flexibility index (Phi) is 7.50. The molecule has 0 aliphatic carbocycles. The van der Waals surface area contributed by atoms with Crippen LogP contribution in [-0.2, 0) is 6.54 Å². The smallest absolute Gasteiger partial charge is 0.191 e. The Labute approximate surface area is 145 Å². The van der Waals surface area contributed by atoms with Crippen LogP contribution in [0.2, 0.25) is 0 Å². The second-order valence-electron chi connectivity index (χ2n) is 6.86. The van der Waals surface area contributed by atoms with Crippen LogP contribution in [0.4, 0.5) is 4.39 Å². The number of aryl methyl sites for hydroxylation is 1. The zero-order valence-corrected chi connectivity index (χ0v) is 15.2. The third-order valence-electron chi connectivity index (χ3n) is 4.56. The average molecular weight is 334 g/mol. The summed E-state index contributed by atoms with van der Waals surface area (Å²) < 4.78 is 13.6. The molecule has 0 spiro atoms. The van der Waals surface area contributed by atoms with Gasteiger partial charge in [0.25, 0.3) is 0 Å². The molecule has 0 aromatic heterocycles. The number of rotatable bonds is 6. The first-order valence-corrected chi connectivity index (χ1v) is 9.00. The lowest BCUT2D eigenvalue weighted by atomic mass is 10.1. The molecule has 1 aliphatic heterocycles. The number of guanidine groups is 1. The van der Waals surface area contributed by atoms with Crippen molar-refractivity contribution < 1.29 is 4.39 Å². The summed E-state index contributed by atoms with van der Waals surface area (Å²) in [5.74, 6) is 1.17. The van der Waals surface area contributed by atoms with Gasteiger partial charge in [-0.3, -0.25) is 4.99 Å². The van der Waals surface area contributed by atoms with Gasteiger partial charge in [-0.1, -0.05) is 25.5 Å². The van der Waals surface area contributed by atoms with E-state index in [-0.39, 0.29) is 5.82 Å². The lowest BCUT2D eigenvalue weighted by molar-refractivity contribution is 0.201. The predicted molar refractivity (Wildman–Crippen MR) is 98.8 cm³/mol. The SMILES string of the molecule is CN=C(NCc1ccc(C)c(F)c1)NCC(C)CN1CCCCC1. The van der Waals surface area contributed by atoms with E-state index in [2.05, 4.69) is 27.4 Å². The van der Waals surface area contributed by atoms with E-state index < -0.39 is 0 Å². The number of hydrogen-bond acceptors (Lipinski definition) is 2. The van der Waals surface area contributed by atoms with Crippen LogP contribution in [-0.4, -0.2) is 44.1 Å². The van der Waals surface area contributed by atoms with Crippen molar-refractivity contribution in [1.82, 2.24) is 15.5 Å². The van der Waals surface area contributed by atoms with Gasteiger partial charge in [-0.15, -0.1) is 0 Å². The average Bonchev–Trinajstić information content (AvgIpc) is 2.59. The van der Waals surface area contributed by atoms with Gasteiger partial charge >= 0.3 is 0 Å². The van der Waals surface area contributed by atoms with E-state index in [1.165, 1.54) is 32.4 Å². The maximum Gasteiger partial charge on any atom is 0.191 e. The number of benzene rings is 1. The molecule has 1 aromatic carbocycles. The summed E-state index contributed by atoms with van der Waals surface area (Å²) in [7, 11) is 1.76. The Morgan fingerprint density at radius 1 is 1.25 bits per heavy atom. The minimum atomic E-state index is -0.160. The van der Waals surface area contributed by atoms with Crippen molar-refractivity contribution >= 4 is 5.96 Å². The Morgan fingerprint density at radius 2 is 2.00 bits per heavy atom. The van der Waals surface area contributed by atoms with Crippen LogP contribution in [0.5, 0.6) is 0 Å². The molecule has 1 saturated heterocycles. The lowest BCUT2D eigenvalue weighted by Crippen LogP contribution is -2.42. The first-order chi connectivity index (χ1) is 11.6. The van der Waals surface area contributed by atoms with Gasteiger partial charge in [-0.25, -0.2) is 4.39 Å². The van der Waals surface area contributed by atoms with E-state index in [0.717, 1.165) is 24.6 Å². The van der Waals surface area contributed by atoms with Crippen LogP contribution in [0, 0.1) is 18.7 Å². The topological polar surface area (TPSA) is 39.7 Å². The molecule has 1 heterocycles. The highest BCUT2D eigenvalue weighted by atomic mass is 19.1. The fourth-order valence-corrected chi connectivity index (χ4v) is 3.07. The molecule has 1 aliphatic rings. The summed E-state index contributed by atoms with van der Waals surface area (Å²) in [4.78, 5) is 6.81. The van der Waals surface area contributed by atoms with Crippen molar-refractivity contribution in [2.45, 2.75) is 39.7 Å². The Morgan fingerprint density at radius 3 is 2.67 bits per heavy atom. The third kappa shape index (κ3) is 6.11. The van der Waals surface area contributed by atoms with Crippen LogP contribution >= 0.6 is 0 Å². The quantitative estimate of drug-likeness (QED) is 0.621. The summed E-state index contributed by atoms with van der Waals surface area (Å²) in [5, 5.41) is 6.62. The number of hydrogen-bond donors (Lipinski definition) is 2. The molecule has 1 aromatic rings. The number of piperidine rings is 1. The molecule has 0 radical (unpaired) electrons. The number of likely N-dealkylation sites (tertiary alicyclic amines) is 1. The van der Waals surface area contributed by atoms with Crippen molar-refractivity contribution in [2.24, 2.45) is 10.9 Å². The van der Waals surface area contributed by atoms with E-state index >= 15 is 0 Å². The standard InChI is InChI=1S/C19H31FN4/c1-15(14-24-9-5-4-6-10-24)12-22-19(21-3)23-13-17-8-7-16(2)18(20)11-17/h7-8,11,15H,4-6,9-10,12-14H2,1-3H3,(H2,21,22,23). The van der Waals surface area contributed by atoms with Crippen molar-refractivity contribution in [1.29, 1.82) is 0 Å². The first kappa shape index (κ1) is 18.7. The zero-order valence-electron chi connectivity index (χ0n) is 15.2. The highest BCUT2D eigenvalue weighted by Crippen LogP contribution is 2.11. The van der Waals surface area contributed by atoms with Crippen LogP contribution in [0.1, 0.15) is 37.3 Å². The molecule has 0 amide bonds. The second-order valence-corrected chi connectivity index (χ2v) is 6.86. The molecule has 1 unspecified atom stereocenters. The van der Waals surface area contributed by atoms with Crippen LogP contribution in [0.25, 0.3) is 0 Å². The second kappa shape index (κ2) is 9.62. The third-order valence-corrected chi connectivity index (χ3v) is 4.56. The zero-order chi connectivity index (χ0) is 17.4. The van der Waals surface area contributed by atoms with Gasteiger partial charge in [0.2, 0.25) is 0 Å². The van der Waals surface area contributed by atoms with Gasteiger partial charge in [0, 0.05) is 26.7 Å². The number of nitrogens with zero attached hydrogens (tertiary/aromatic N) is 2. The van der Waals surface area contributed by atoms with E-state index in [0.29, 0.717) is 18.0 Å². The minimum Gasteiger partial charge on any atom is -0.356 e. The Hall–Kier alpha value is -1.62. The molecule has 1 atom stereocenters. The van der Waals surface area contributed by atoms with Gasteiger partial charge in [0.15, 0.2) is 5.96 Å². The summed E-state index contributed by atoms with van der Waals surface area (Å²) in [6, 6.07) is 5.33. The number of aliphatic imine (C=N–C) groups is 1. The van der Waals surface area contributed by atoms with E-state index in [9.17, 15) is 4.39 Å². The van der Waals surface area contributed by atoms with Crippen molar-refractivity contribution in [3.05, 3.63) is 35.1 Å². The maximum absolute atomic E-state index is 13.6. The fourth-order valence-electron chi connectivity index (χ4n) is 3.07. The highest BCUT2D eigenvalue weighted by molar-refractivity contribution is 5.79. The predicted octanol–water partition coefficient (Wildman–Crippen LogP) is 2.92. The summed E-state index contributed by atoms with van der Waals surface area (Å²) >= 11 is 0. The molecule has 1 fully saturated rings. The van der Waals surface area contributed by atoms with Gasteiger partial charge < -0.3 is 15.5 Å². The molecule has 0 saturated carbocycles. The lowest BCUT2D eigenvalue weighted by Gasteiger charge is -2.29. The molecule has 24 heavy (non-hydrogen) atoms. The number of halogens is 1. The molecule has 4 nitrogen and oxygen atoms in total. The molecule has 2 N–H and O–H groups in total. The molecule has 2 rings (SSSR count). The Balaban J connectivity index is 1.72. The Bertz CT molecular complexity index is 538. The molecule has 5 heteroatoms. The van der Waals surface area contributed by atoms with Gasteiger partial charge in [0.05, 0.1) is 0 Å². The van der Waals surface area contributed by atoms with E-state index in [1.54, 1.807) is 20.0 Å². The van der Waals surface area contributed by atoms with E-state index in [1.807, 2.05) is 12.1 Å². The molecule has 134 valence electrons. The van der Waals surface area contributed by atoms with Gasteiger partial charge in [0.1, 0.15) is 5.82 Å². The highest BCUT2D eigenvalue weighted by Gasteiger charge is 2.13. The van der Waals surface area contributed by atoms with Crippen molar-refractivity contribution in [3.8, 4) is 0 Å². The van der Waals surface area contributed by atoms with Crippen LogP contribution in [0.15, 0.2) is 23.2 Å². The van der Waals surface area contributed by atoms with Crippen LogP contribution < -0.4 is 10.6 Å². The fraction of sp³-hybridized carbons (Fsp3) is 0.632. The molecule has 0 bridgehead atoms. The maximum atomic E-state index is 13.6. The van der Waals surface area contributed by atoms with Crippen molar-refractivity contribution in [3.63, 3.8) is 0 Å². The summed E-state index contributed by atoms with van der Waals surface area (Å²) in [5.41, 5.74) is 1.59. The summed E-state index contributed by atoms with van der Waals surface area (Å²) in [6.07, 6.45) is 4.03. The number of nitrogens with one attached hydrogen (secondary N) is 2. The monoisotopic (exact) mass is 334 g/mol. The van der Waals surface area contributed by atoms with Crippen molar-refractivity contribution in [2.75, 3.05) is 33.2 Å². The minimum absolute atomic E-state index is 0.160. The van der Waals surface area contributed by atoms with Gasteiger partial charge in [-0.05, 0) is 56.0 Å². The summed E-state index contributed by atoms with van der Waals surface area (Å²) in [6.45, 7) is 9.09. The van der Waals surface area contributed by atoms with Gasteiger partial charge in [-0.2, -0.15) is 0 Å². The largest absolute Gasteiger partial charge is 0.356 e. The normalized spacial score (nSPS) is 17.6. The van der Waals surface area contributed by atoms with Crippen LogP contribution in [0.3, 0.4) is 0 Å². The molecular formula is C19H31FN4. The van der Waals surface area contributed by atoms with E-state index in [4.69, 9.17) is 0 Å². The molecular weight excluding hydrogens is 303 g/mol. The first-order valence-electron chi connectivity index (χ1n) is 9.00.